The van der Waals surface area contributed by atoms with Gasteiger partial charge in [0, 0.05) is 5.56 Å². The summed E-state index contributed by atoms with van der Waals surface area (Å²) >= 11 is 0. The Morgan fingerprint density at radius 3 is 2.75 bits per heavy atom. The van der Waals surface area contributed by atoms with E-state index >= 15 is 0 Å². The van der Waals surface area contributed by atoms with Gasteiger partial charge in [-0.1, -0.05) is 6.07 Å². The van der Waals surface area contributed by atoms with Crippen LogP contribution in [0.4, 0.5) is 4.39 Å². The zero-order valence-corrected chi connectivity index (χ0v) is 6.34. The van der Waals surface area contributed by atoms with Gasteiger partial charge in [-0.2, -0.15) is 0 Å². The van der Waals surface area contributed by atoms with Crippen molar-refractivity contribution in [3.05, 3.63) is 35.1 Å². The van der Waals surface area contributed by atoms with Crippen LogP contribution < -0.4 is 5.73 Å². The Labute approximate surface area is 69.1 Å². The van der Waals surface area contributed by atoms with E-state index in [0.717, 1.165) is 6.07 Å². The van der Waals surface area contributed by atoms with Crippen LogP contribution in [0.25, 0.3) is 0 Å². The number of amidine groups is 1. The second-order valence-corrected chi connectivity index (χ2v) is 2.37. The van der Waals surface area contributed by atoms with Crippen molar-refractivity contribution < 1.29 is 9.50 Å². The highest BCUT2D eigenvalue weighted by Crippen LogP contribution is 2.10. The van der Waals surface area contributed by atoms with Crippen molar-refractivity contribution in [2.75, 3.05) is 0 Å². The third-order valence-electron chi connectivity index (χ3n) is 1.53. The van der Waals surface area contributed by atoms with Crippen LogP contribution in [0.5, 0.6) is 0 Å². The van der Waals surface area contributed by atoms with Gasteiger partial charge < -0.3 is 10.8 Å². The van der Waals surface area contributed by atoms with Gasteiger partial charge in [-0.05, 0) is 17.7 Å². The summed E-state index contributed by atoms with van der Waals surface area (Å²) in [5.74, 6) is -0.698. The Morgan fingerprint density at radius 2 is 2.25 bits per heavy atom. The average Bonchev–Trinajstić information content (AvgIpc) is 2.04. The monoisotopic (exact) mass is 168 g/mol. The largest absolute Gasteiger partial charge is 0.392 e. The van der Waals surface area contributed by atoms with E-state index in [1.54, 1.807) is 0 Å². The van der Waals surface area contributed by atoms with Crippen molar-refractivity contribution in [2.45, 2.75) is 6.61 Å². The highest BCUT2D eigenvalue weighted by atomic mass is 19.1. The molecule has 0 aliphatic heterocycles. The Bertz CT molecular complexity index is 312. The summed E-state index contributed by atoms with van der Waals surface area (Å²) in [4.78, 5) is 0. The number of hydrogen-bond acceptors (Lipinski definition) is 2. The van der Waals surface area contributed by atoms with Gasteiger partial charge in [0.2, 0.25) is 0 Å². The summed E-state index contributed by atoms with van der Waals surface area (Å²) in [6, 6.07) is 3.76. The molecule has 0 atom stereocenters. The minimum Gasteiger partial charge on any atom is -0.392 e. The predicted octanol–water partition coefficient (Wildman–Crippen LogP) is 0.602. The third-order valence-corrected chi connectivity index (χ3v) is 1.53. The molecule has 64 valence electrons. The molecule has 0 unspecified atom stereocenters. The number of nitrogen functional groups attached to an aromatic ring is 1. The number of aliphatic hydroxyl groups is 1. The van der Waals surface area contributed by atoms with Crippen molar-refractivity contribution >= 4 is 5.84 Å². The first-order valence-corrected chi connectivity index (χ1v) is 3.39. The normalized spacial score (nSPS) is 9.83. The zero-order chi connectivity index (χ0) is 9.14. The van der Waals surface area contributed by atoms with Gasteiger partial charge in [0.05, 0.1) is 6.61 Å². The average molecular weight is 168 g/mol. The molecule has 12 heavy (non-hydrogen) atoms. The first kappa shape index (κ1) is 8.67. The number of nitrogens with one attached hydrogen (secondary N) is 1. The standard InChI is InChI=1S/C8H9FN2O/c9-6-2-1-5(4-12)7(3-6)8(10)11/h1-3,12H,4H2,(H3,10,11). The van der Waals surface area contributed by atoms with Crippen molar-refractivity contribution in [3.63, 3.8) is 0 Å². The van der Waals surface area contributed by atoms with Gasteiger partial charge in [0.1, 0.15) is 11.7 Å². The molecule has 0 aromatic heterocycles. The van der Waals surface area contributed by atoms with E-state index in [1.807, 2.05) is 0 Å². The molecule has 4 heteroatoms. The Hall–Kier alpha value is -1.42. The van der Waals surface area contributed by atoms with E-state index in [4.69, 9.17) is 16.2 Å². The maximum atomic E-state index is 12.6. The second-order valence-electron chi connectivity index (χ2n) is 2.37. The van der Waals surface area contributed by atoms with Crippen LogP contribution in [-0.4, -0.2) is 10.9 Å². The molecule has 0 heterocycles. The van der Waals surface area contributed by atoms with Crippen molar-refractivity contribution in [3.8, 4) is 0 Å². The lowest BCUT2D eigenvalue weighted by molar-refractivity contribution is 0.281. The van der Waals surface area contributed by atoms with Gasteiger partial charge in [-0.15, -0.1) is 0 Å². The number of benzene rings is 1. The molecule has 0 saturated heterocycles. The molecule has 1 aromatic carbocycles. The Balaban J connectivity index is 3.21. The molecule has 0 fully saturated rings. The van der Waals surface area contributed by atoms with Crippen LogP contribution in [0.1, 0.15) is 11.1 Å². The van der Waals surface area contributed by atoms with Crippen molar-refractivity contribution in [1.82, 2.24) is 0 Å². The van der Waals surface area contributed by atoms with E-state index in [0.29, 0.717) is 5.56 Å². The number of rotatable bonds is 2. The zero-order valence-electron chi connectivity index (χ0n) is 6.34. The third kappa shape index (κ3) is 1.60. The Kier molecular flexibility index (Phi) is 2.40. The second kappa shape index (κ2) is 3.32. The lowest BCUT2D eigenvalue weighted by Crippen LogP contribution is -2.14. The van der Waals surface area contributed by atoms with Crippen molar-refractivity contribution in [1.29, 1.82) is 5.41 Å². The maximum absolute atomic E-state index is 12.6. The van der Waals surface area contributed by atoms with Gasteiger partial charge in [0.25, 0.3) is 0 Å². The summed E-state index contributed by atoms with van der Waals surface area (Å²) in [5.41, 5.74) is 5.87. The number of hydrogen-bond donors (Lipinski definition) is 3. The lowest BCUT2D eigenvalue weighted by atomic mass is 10.1. The van der Waals surface area contributed by atoms with Crippen molar-refractivity contribution in [2.24, 2.45) is 5.73 Å². The summed E-state index contributed by atoms with van der Waals surface area (Å²) in [6.45, 7) is -0.241. The SMILES string of the molecule is N=C(N)c1cc(F)ccc1CO. The van der Waals surface area contributed by atoms with Crippen LogP contribution >= 0.6 is 0 Å². The van der Waals surface area contributed by atoms with Crippen LogP contribution in [0.15, 0.2) is 18.2 Å². The summed E-state index contributed by atoms with van der Waals surface area (Å²) < 4.78 is 12.6. The smallest absolute Gasteiger partial charge is 0.123 e. The van der Waals surface area contributed by atoms with Crippen LogP contribution in [0.2, 0.25) is 0 Å². The van der Waals surface area contributed by atoms with Gasteiger partial charge in [-0.25, -0.2) is 4.39 Å². The van der Waals surface area contributed by atoms with Gasteiger partial charge in [0.15, 0.2) is 0 Å². The van der Waals surface area contributed by atoms with Gasteiger partial charge in [-0.3, -0.25) is 5.41 Å². The molecular formula is C8H9FN2O. The van der Waals surface area contributed by atoms with Crippen LogP contribution in [-0.2, 0) is 6.61 Å². The fraction of sp³-hybridized carbons (Fsp3) is 0.125. The van der Waals surface area contributed by atoms with E-state index in [-0.39, 0.29) is 18.0 Å². The molecule has 0 radical (unpaired) electrons. The molecule has 4 N–H and O–H groups in total. The fourth-order valence-electron chi connectivity index (χ4n) is 0.937. The first-order valence-electron chi connectivity index (χ1n) is 3.39. The van der Waals surface area contributed by atoms with E-state index in [2.05, 4.69) is 0 Å². The molecule has 0 saturated carbocycles. The molecule has 0 spiro atoms. The van der Waals surface area contributed by atoms with Gasteiger partial charge >= 0.3 is 0 Å². The molecule has 1 rings (SSSR count). The molecule has 1 aromatic rings. The highest BCUT2D eigenvalue weighted by molar-refractivity contribution is 5.96. The van der Waals surface area contributed by atoms with E-state index in [9.17, 15) is 4.39 Å². The van der Waals surface area contributed by atoms with E-state index in [1.165, 1.54) is 12.1 Å². The minimum absolute atomic E-state index is 0.237. The summed E-state index contributed by atoms with van der Waals surface area (Å²) in [6.07, 6.45) is 0. The molecule has 0 aliphatic rings. The minimum atomic E-state index is -0.461. The topological polar surface area (TPSA) is 70.1 Å². The molecular weight excluding hydrogens is 159 g/mol. The highest BCUT2D eigenvalue weighted by Gasteiger charge is 2.04. The molecule has 3 nitrogen and oxygen atoms in total. The summed E-state index contributed by atoms with van der Waals surface area (Å²) in [5, 5.41) is 15.9. The maximum Gasteiger partial charge on any atom is 0.123 e. The number of halogens is 1. The number of nitrogens with two attached hydrogens (primary N) is 1. The van der Waals surface area contributed by atoms with Crippen LogP contribution in [0, 0.1) is 11.2 Å². The molecule has 0 aliphatic carbocycles. The quantitative estimate of drug-likeness (QED) is 0.447. The number of aliphatic hydroxyl groups excluding tert-OH is 1. The predicted molar refractivity (Wildman–Crippen MR) is 43.3 cm³/mol. The summed E-state index contributed by atoms with van der Waals surface area (Å²) in [7, 11) is 0. The fourth-order valence-corrected chi connectivity index (χ4v) is 0.937. The van der Waals surface area contributed by atoms with Crippen LogP contribution in [0.3, 0.4) is 0 Å². The van der Waals surface area contributed by atoms with E-state index < -0.39 is 5.82 Å². The molecule has 0 bridgehead atoms. The first-order chi connectivity index (χ1) is 5.65. The molecule has 0 amide bonds. The Morgan fingerprint density at radius 1 is 1.58 bits per heavy atom. The lowest BCUT2D eigenvalue weighted by Gasteiger charge is -2.04.